The van der Waals surface area contributed by atoms with E-state index in [1.54, 1.807) is 6.92 Å². The Morgan fingerprint density at radius 1 is 1.21 bits per heavy atom. The molecular weight excluding hydrogens is 260 g/mol. The molecule has 0 aliphatic rings. The Hall–Kier alpha value is -1.02. The molecule has 0 amide bonds. The van der Waals surface area contributed by atoms with E-state index < -0.39 is 5.38 Å². The third-order valence-corrected chi connectivity index (χ3v) is 3.60. The van der Waals surface area contributed by atoms with Crippen LogP contribution in [0.15, 0.2) is 12.1 Å². The van der Waals surface area contributed by atoms with Gasteiger partial charge < -0.3 is 4.74 Å². The smallest absolute Gasteiger partial charge is 0.324 e. The number of hydrogen-bond acceptors (Lipinski definition) is 2. The molecule has 1 unspecified atom stereocenters. The molecule has 0 saturated heterocycles. The summed E-state index contributed by atoms with van der Waals surface area (Å²) in [4.78, 5) is 11.7. The number of rotatable bonds is 6. The lowest BCUT2D eigenvalue weighted by Gasteiger charge is -2.17. The predicted octanol–water partition coefficient (Wildman–Crippen LogP) is 3.83. The third-order valence-electron chi connectivity index (χ3n) is 3.27. The summed E-state index contributed by atoms with van der Waals surface area (Å²) < 4.78 is 4.98. The number of carbonyl (C=O) groups is 1. The van der Waals surface area contributed by atoms with E-state index in [9.17, 15) is 4.79 Å². The molecule has 0 bridgehead atoms. The standard InChI is InChI=1S/C16H23ClO2/c1-5-12-8-11(4)9-13(6-2)14(12)10-15(17)16(18)19-7-3/h8-9,15H,5-7,10H2,1-4H3. The summed E-state index contributed by atoms with van der Waals surface area (Å²) >= 11 is 6.17. The average Bonchev–Trinajstić information content (AvgIpc) is 2.40. The fraction of sp³-hybridized carbons (Fsp3) is 0.562. The van der Waals surface area contributed by atoms with Crippen molar-refractivity contribution in [3.8, 4) is 0 Å². The van der Waals surface area contributed by atoms with E-state index in [0.29, 0.717) is 13.0 Å². The molecule has 106 valence electrons. The average molecular weight is 283 g/mol. The number of halogens is 1. The van der Waals surface area contributed by atoms with E-state index >= 15 is 0 Å². The lowest BCUT2D eigenvalue weighted by atomic mass is 9.92. The summed E-state index contributed by atoms with van der Waals surface area (Å²) in [7, 11) is 0. The first-order valence-electron chi connectivity index (χ1n) is 6.95. The lowest BCUT2D eigenvalue weighted by molar-refractivity contribution is -0.142. The van der Waals surface area contributed by atoms with Crippen LogP contribution in [0.3, 0.4) is 0 Å². The van der Waals surface area contributed by atoms with Gasteiger partial charge in [-0.2, -0.15) is 0 Å². The molecule has 0 radical (unpaired) electrons. The summed E-state index contributed by atoms with van der Waals surface area (Å²) in [5, 5.41) is -0.599. The molecule has 0 aliphatic heterocycles. The SMILES string of the molecule is CCOC(=O)C(Cl)Cc1c(CC)cc(C)cc1CC. The van der Waals surface area contributed by atoms with Gasteiger partial charge in [-0.25, -0.2) is 0 Å². The minimum absolute atomic E-state index is 0.325. The molecule has 3 heteroatoms. The van der Waals surface area contributed by atoms with Gasteiger partial charge in [-0.1, -0.05) is 31.5 Å². The van der Waals surface area contributed by atoms with Crippen LogP contribution >= 0.6 is 11.6 Å². The zero-order chi connectivity index (χ0) is 14.4. The first-order chi connectivity index (χ1) is 9.03. The molecule has 0 saturated carbocycles. The zero-order valence-electron chi connectivity index (χ0n) is 12.3. The summed E-state index contributed by atoms with van der Waals surface area (Å²) in [6, 6.07) is 4.37. The van der Waals surface area contributed by atoms with Crippen molar-refractivity contribution < 1.29 is 9.53 Å². The summed E-state index contributed by atoms with van der Waals surface area (Å²) in [6.07, 6.45) is 2.46. The zero-order valence-corrected chi connectivity index (χ0v) is 13.0. The van der Waals surface area contributed by atoms with Crippen LogP contribution < -0.4 is 0 Å². The van der Waals surface area contributed by atoms with E-state index in [0.717, 1.165) is 12.8 Å². The van der Waals surface area contributed by atoms with Crippen LogP contribution in [0, 0.1) is 6.92 Å². The van der Waals surface area contributed by atoms with Crippen LogP contribution in [-0.2, 0) is 28.8 Å². The maximum Gasteiger partial charge on any atom is 0.324 e. The second kappa shape index (κ2) is 7.54. The van der Waals surface area contributed by atoms with E-state index in [1.807, 2.05) is 0 Å². The lowest BCUT2D eigenvalue weighted by Crippen LogP contribution is -2.21. The van der Waals surface area contributed by atoms with Gasteiger partial charge in [-0.05, 0) is 49.8 Å². The summed E-state index contributed by atoms with van der Waals surface area (Å²) in [6.45, 7) is 8.53. The molecule has 0 fully saturated rings. The molecule has 19 heavy (non-hydrogen) atoms. The van der Waals surface area contributed by atoms with Crippen LogP contribution in [0.4, 0.5) is 0 Å². The van der Waals surface area contributed by atoms with Crippen LogP contribution in [0.1, 0.15) is 43.0 Å². The molecule has 1 aromatic rings. The maximum absolute atomic E-state index is 11.7. The van der Waals surface area contributed by atoms with E-state index in [2.05, 4.69) is 32.9 Å². The molecule has 1 atom stereocenters. The topological polar surface area (TPSA) is 26.3 Å². The van der Waals surface area contributed by atoms with Crippen molar-refractivity contribution in [3.63, 3.8) is 0 Å². The van der Waals surface area contributed by atoms with Crippen molar-refractivity contribution in [1.82, 2.24) is 0 Å². The van der Waals surface area contributed by atoms with Gasteiger partial charge in [0.1, 0.15) is 5.38 Å². The Labute approximate surface area is 121 Å². The fourth-order valence-electron chi connectivity index (χ4n) is 2.36. The highest BCUT2D eigenvalue weighted by Gasteiger charge is 2.20. The van der Waals surface area contributed by atoms with E-state index in [-0.39, 0.29) is 5.97 Å². The molecule has 0 N–H and O–H groups in total. The van der Waals surface area contributed by atoms with Crippen molar-refractivity contribution in [2.45, 2.75) is 52.3 Å². The number of carbonyl (C=O) groups excluding carboxylic acids is 1. The van der Waals surface area contributed by atoms with E-state index in [4.69, 9.17) is 16.3 Å². The molecule has 0 aliphatic carbocycles. The second-order valence-corrected chi connectivity index (χ2v) is 5.22. The Balaban J connectivity index is 3.01. The fourth-order valence-corrected chi connectivity index (χ4v) is 2.58. The Morgan fingerprint density at radius 3 is 2.16 bits per heavy atom. The number of esters is 1. The molecule has 2 nitrogen and oxygen atoms in total. The molecule has 1 aromatic carbocycles. The van der Waals surface area contributed by atoms with Crippen molar-refractivity contribution >= 4 is 17.6 Å². The second-order valence-electron chi connectivity index (χ2n) is 4.69. The number of ether oxygens (including phenoxy) is 1. The first kappa shape index (κ1) is 16.0. The van der Waals surface area contributed by atoms with Crippen LogP contribution in [-0.4, -0.2) is 18.0 Å². The van der Waals surface area contributed by atoms with Crippen LogP contribution in [0.2, 0.25) is 0 Å². The Bertz CT molecular complexity index is 415. The highest BCUT2D eigenvalue weighted by Crippen LogP contribution is 2.22. The minimum atomic E-state index is -0.599. The number of alkyl halides is 1. The van der Waals surface area contributed by atoms with Gasteiger partial charge in [-0.15, -0.1) is 11.6 Å². The number of benzene rings is 1. The Kier molecular flexibility index (Phi) is 6.36. The summed E-state index contributed by atoms with van der Waals surface area (Å²) in [5.41, 5.74) is 5.04. The van der Waals surface area contributed by atoms with E-state index in [1.165, 1.54) is 22.3 Å². The van der Waals surface area contributed by atoms with Crippen molar-refractivity contribution in [2.24, 2.45) is 0 Å². The minimum Gasteiger partial charge on any atom is -0.465 e. The van der Waals surface area contributed by atoms with Crippen molar-refractivity contribution in [3.05, 3.63) is 34.4 Å². The van der Waals surface area contributed by atoms with Crippen LogP contribution in [0.25, 0.3) is 0 Å². The van der Waals surface area contributed by atoms with Gasteiger partial charge in [0.15, 0.2) is 0 Å². The normalized spacial score (nSPS) is 12.3. The molecule has 0 aromatic heterocycles. The van der Waals surface area contributed by atoms with Gasteiger partial charge in [0.2, 0.25) is 0 Å². The molecule has 0 spiro atoms. The summed E-state index contributed by atoms with van der Waals surface area (Å²) in [5.74, 6) is -0.325. The maximum atomic E-state index is 11.7. The quantitative estimate of drug-likeness (QED) is 0.585. The van der Waals surface area contributed by atoms with Gasteiger partial charge in [0.25, 0.3) is 0 Å². The molecule has 0 heterocycles. The van der Waals surface area contributed by atoms with Gasteiger partial charge in [-0.3, -0.25) is 4.79 Å². The van der Waals surface area contributed by atoms with Gasteiger partial charge in [0, 0.05) is 0 Å². The third kappa shape index (κ3) is 4.24. The van der Waals surface area contributed by atoms with Crippen LogP contribution in [0.5, 0.6) is 0 Å². The highest BCUT2D eigenvalue weighted by molar-refractivity contribution is 6.30. The largest absolute Gasteiger partial charge is 0.465 e. The highest BCUT2D eigenvalue weighted by atomic mass is 35.5. The predicted molar refractivity (Wildman–Crippen MR) is 79.9 cm³/mol. The number of aryl methyl sites for hydroxylation is 3. The van der Waals surface area contributed by atoms with Crippen molar-refractivity contribution in [1.29, 1.82) is 0 Å². The molecular formula is C16H23ClO2. The number of hydrogen-bond donors (Lipinski definition) is 0. The Morgan fingerprint density at radius 2 is 1.74 bits per heavy atom. The van der Waals surface area contributed by atoms with Gasteiger partial charge >= 0.3 is 5.97 Å². The monoisotopic (exact) mass is 282 g/mol. The van der Waals surface area contributed by atoms with Crippen molar-refractivity contribution in [2.75, 3.05) is 6.61 Å². The molecule has 1 rings (SSSR count). The van der Waals surface area contributed by atoms with Gasteiger partial charge in [0.05, 0.1) is 6.61 Å². The first-order valence-corrected chi connectivity index (χ1v) is 7.39.